The number of nitrogens with zero attached hydrogens (tertiary/aromatic N) is 2. The predicted octanol–water partition coefficient (Wildman–Crippen LogP) is 4.68. The lowest BCUT2D eigenvalue weighted by Crippen LogP contribution is -2.38. The molecule has 0 saturated carbocycles. The van der Waals surface area contributed by atoms with Crippen LogP contribution >= 0.6 is 11.6 Å². The fraction of sp³-hybridized carbons (Fsp3) is 0.0556. The van der Waals surface area contributed by atoms with Crippen molar-refractivity contribution in [2.45, 2.75) is 6.54 Å². The van der Waals surface area contributed by atoms with Crippen LogP contribution in [0.5, 0.6) is 0 Å². The molecule has 0 bridgehead atoms. The van der Waals surface area contributed by atoms with Crippen LogP contribution in [0.1, 0.15) is 5.69 Å². The number of amides is 2. The molecule has 0 aliphatic carbocycles. The van der Waals surface area contributed by atoms with Crippen LogP contribution in [0.3, 0.4) is 0 Å². The molecular formula is C18H14ClN3O. The zero-order valence-electron chi connectivity index (χ0n) is 12.2. The summed E-state index contributed by atoms with van der Waals surface area (Å²) in [4.78, 5) is 14.5. The Morgan fingerprint density at radius 3 is 2.65 bits per heavy atom. The Morgan fingerprint density at radius 1 is 1.00 bits per heavy atom. The second-order valence-electron chi connectivity index (χ2n) is 5.38. The summed E-state index contributed by atoms with van der Waals surface area (Å²) in [7, 11) is 0. The van der Waals surface area contributed by atoms with Crippen molar-refractivity contribution in [3.05, 3.63) is 77.6 Å². The zero-order chi connectivity index (χ0) is 15.8. The van der Waals surface area contributed by atoms with Crippen LogP contribution in [0.25, 0.3) is 5.69 Å². The van der Waals surface area contributed by atoms with Gasteiger partial charge in [0.1, 0.15) is 0 Å². The SMILES string of the molecule is O=C(Nc1cccc(Cl)c1)N1Cc2cccn2-c2ccccc21. The van der Waals surface area contributed by atoms with Crippen molar-refractivity contribution in [3.8, 4) is 5.69 Å². The highest BCUT2D eigenvalue weighted by Crippen LogP contribution is 2.32. The van der Waals surface area contributed by atoms with E-state index in [9.17, 15) is 4.79 Å². The van der Waals surface area contributed by atoms with Crippen molar-refractivity contribution in [2.24, 2.45) is 0 Å². The number of para-hydroxylation sites is 2. The normalized spacial score (nSPS) is 12.5. The van der Waals surface area contributed by atoms with Crippen LogP contribution in [0, 0.1) is 0 Å². The van der Waals surface area contributed by atoms with Gasteiger partial charge in [-0.15, -0.1) is 0 Å². The summed E-state index contributed by atoms with van der Waals surface area (Å²) in [5, 5.41) is 3.50. The van der Waals surface area contributed by atoms with Crippen molar-refractivity contribution in [2.75, 3.05) is 10.2 Å². The molecule has 4 nitrogen and oxygen atoms in total. The Balaban J connectivity index is 1.68. The molecule has 23 heavy (non-hydrogen) atoms. The fourth-order valence-corrected chi connectivity index (χ4v) is 3.05. The summed E-state index contributed by atoms with van der Waals surface area (Å²) < 4.78 is 2.11. The summed E-state index contributed by atoms with van der Waals surface area (Å²) in [6.45, 7) is 0.524. The van der Waals surface area contributed by atoms with E-state index in [1.54, 1.807) is 17.0 Å². The minimum Gasteiger partial charge on any atom is -0.317 e. The maximum Gasteiger partial charge on any atom is 0.326 e. The minimum atomic E-state index is -0.174. The molecule has 2 heterocycles. The summed E-state index contributed by atoms with van der Waals surface area (Å²) in [5.74, 6) is 0. The van der Waals surface area contributed by atoms with Crippen LogP contribution in [0.15, 0.2) is 66.9 Å². The maximum atomic E-state index is 12.7. The van der Waals surface area contributed by atoms with Crippen LogP contribution < -0.4 is 10.2 Å². The Morgan fingerprint density at radius 2 is 1.83 bits per heavy atom. The molecule has 1 aliphatic heterocycles. The van der Waals surface area contributed by atoms with Gasteiger partial charge in [0, 0.05) is 22.6 Å². The Kier molecular flexibility index (Phi) is 3.32. The number of anilines is 2. The van der Waals surface area contributed by atoms with Gasteiger partial charge in [-0.1, -0.05) is 29.8 Å². The van der Waals surface area contributed by atoms with E-state index in [1.165, 1.54) is 0 Å². The second kappa shape index (κ2) is 5.48. The monoisotopic (exact) mass is 323 g/mol. The lowest BCUT2D eigenvalue weighted by atomic mass is 10.2. The standard InChI is InChI=1S/C18H14ClN3O/c19-13-5-3-6-14(11-13)20-18(23)22-12-15-7-4-10-21(15)16-8-1-2-9-17(16)22/h1-11H,12H2,(H,20,23). The van der Waals surface area contributed by atoms with Gasteiger partial charge in [0.05, 0.1) is 17.9 Å². The number of nitrogens with one attached hydrogen (secondary N) is 1. The first-order chi connectivity index (χ1) is 11.2. The predicted molar refractivity (Wildman–Crippen MR) is 92.4 cm³/mol. The van der Waals surface area contributed by atoms with E-state index in [2.05, 4.69) is 9.88 Å². The molecular weight excluding hydrogens is 310 g/mol. The minimum absolute atomic E-state index is 0.174. The number of carbonyl (C=O) groups is 1. The van der Waals surface area contributed by atoms with Crippen LogP contribution in [0.2, 0.25) is 5.02 Å². The molecule has 2 aromatic carbocycles. The molecule has 1 N–H and O–H groups in total. The molecule has 114 valence electrons. The summed E-state index contributed by atoms with van der Waals surface area (Å²) in [5.41, 5.74) is 3.64. The highest BCUT2D eigenvalue weighted by Gasteiger charge is 2.25. The van der Waals surface area contributed by atoms with Crippen LogP contribution in [-0.4, -0.2) is 10.6 Å². The van der Waals surface area contributed by atoms with Gasteiger partial charge in [-0.25, -0.2) is 4.79 Å². The van der Waals surface area contributed by atoms with E-state index >= 15 is 0 Å². The van der Waals surface area contributed by atoms with E-state index in [0.717, 1.165) is 17.1 Å². The number of fused-ring (bicyclic) bond motifs is 3. The molecule has 0 spiro atoms. The molecule has 2 amide bonds. The van der Waals surface area contributed by atoms with Gasteiger partial charge in [-0.2, -0.15) is 0 Å². The topological polar surface area (TPSA) is 37.3 Å². The Labute approximate surface area is 138 Å². The largest absolute Gasteiger partial charge is 0.326 e. The average Bonchev–Trinajstić information content (AvgIpc) is 3.03. The van der Waals surface area contributed by atoms with Gasteiger partial charge < -0.3 is 9.88 Å². The van der Waals surface area contributed by atoms with Gasteiger partial charge in [0.2, 0.25) is 0 Å². The number of rotatable bonds is 1. The van der Waals surface area contributed by atoms with E-state index in [0.29, 0.717) is 17.3 Å². The van der Waals surface area contributed by atoms with Crippen molar-refractivity contribution >= 4 is 29.0 Å². The van der Waals surface area contributed by atoms with Gasteiger partial charge >= 0.3 is 6.03 Å². The van der Waals surface area contributed by atoms with E-state index in [1.807, 2.05) is 54.7 Å². The van der Waals surface area contributed by atoms with Crippen LogP contribution in [0.4, 0.5) is 16.2 Å². The van der Waals surface area contributed by atoms with Crippen molar-refractivity contribution < 1.29 is 4.79 Å². The number of carbonyl (C=O) groups excluding carboxylic acids is 1. The zero-order valence-corrected chi connectivity index (χ0v) is 13.0. The molecule has 0 radical (unpaired) electrons. The highest BCUT2D eigenvalue weighted by molar-refractivity contribution is 6.30. The molecule has 0 atom stereocenters. The number of benzene rings is 2. The maximum absolute atomic E-state index is 12.7. The third kappa shape index (κ3) is 2.47. The van der Waals surface area contributed by atoms with Crippen molar-refractivity contribution in [1.82, 2.24) is 4.57 Å². The van der Waals surface area contributed by atoms with E-state index in [-0.39, 0.29) is 6.03 Å². The molecule has 1 aromatic heterocycles. The number of hydrogen-bond acceptors (Lipinski definition) is 1. The summed E-state index contributed by atoms with van der Waals surface area (Å²) in [6.07, 6.45) is 2.01. The summed E-state index contributed by atoms with van der Waals surface area (Å²) >= 11 is 5.98. The second-order valence-corrected chi connectivity index (χ2v) is 5.82. The third-order valence-electron chi connectivity index (χ3n) is 3.91. The van der Waals surface area contributed by atoms with Gasteiger partial charge in [-0.3, -0.25) is 4.90 Å². The van der Waals surface area contributed by atoms with Gasteiger partial charge in [0.15, 0.2) is 0 Å². The molecule has 4 rings (SSSR count). The first-order valence-corrected chi connectivity index (χ1v) is 7.70. The molecule has 5 heteroatoms. The van der Waals surface area contributed by atoms with Crippen molar-refractivity contribution in [1.29, 1.82) is 0 Å². The smallest absolute Gasteiger partial charge is 0.317 e. The average molecular weight is 324 g/mol. The van der Waals surface area contributed by atoms with Gasteiger partial charge in [0.25, 0.3) is 0 Å². The number of aromatic nitrogens is 1. The third-order valence-corrected chi connectivity index (χ3v) is 4.14. The quantitative estimate of drug-likeness (QED) is 0.693. The fourth-order valence-electron chi connectivity index (χ4n) is 2.86. The first kappa shape index (κ1) is 13.9. The number of hydrogen-bond donors (Lipinski definition) is 1. The number of urea groups is 1. The molecule has 1 aliphatic rings. The van der Waals surface area contributed by atoms with E-state index in [4.69, 9.17) is 11.6 Å². The lowest BCUT2D eigenvalue weighted by Gasteiger charge is -2.31. The number of halogens is 1. The van der Waals surface area contributed by atoms with Crippen molar-refractivity contribution in [3.63, 3.8) is 0 Å². The first-order valence-electron chi connectivity index (χ1n) is 7.32. The molecule has 0 saturated heterocycles. The Bertz CT molecular complexity index is 887. The van der Waals surface area contributed by atoms with E-state index < -0.39 is 0 Å². The lowest BCUT2D eigenvalue weighted by molar-refractivity contribution is 0.256. The highest BCUT2D eigenvalue weighted by atomic mass is 35.5. The molecule has 0 unspecified atom stereocenters. The Hall–Kier alpha value is -2.72. The van der Waals surface area contributed by atoms with Gasteiger partial charge in [-0.05, 0) is 42.5 Å². The summed E-state index contributed by atoms with van der Waals surface area (Å²) in [6, 6.07) is 18.9. The van der Waals surface area contributed by atoms with Crippen LogP contribution in [-0.2, 0) is 6.54 Å². The molecule has 0 fully saturated rings. The molecule has 3 aromatic rings.